The average Bonchev–Trinajstić information content (AvgIpc) is 2.03. The molecule has 0 unspecified atom stereocenters. The van der Waals surface area contributed by atoms with E-state index in [0.29, 0.717) is 0 Å². The second-order valence-corrected chi connectivity index (χ2v) is 2.97. The number of hydrogen-bond acceptors (Lipinski definition) is 2. The maximum atomic E-state index is 5.64. The molecule has 0 saturated heterocycles. The Morgan fingerprint density at radius 3 is 2.58 bits per heavy atom. The predicted molar refractivity (Wildman–Crippen MR) is 53.6 cm³/mol. The molecule has 0 saturated carbocycles. The Hall–Kier alpha value is -1.44. The summed E-state index contributed by atoms with van der Waals surface area (Å²) in [7, 11) is 3.93. The standard InChI is InChI=1S/C10H14N2/c1-8(12(2)3)9-5-4-6-10(11)7-9/h4-7H,1,11H2,2-3H3. The number of nitrogen functional groups attached to an aromatic ring is 1. The second kappa shape index (κ2) is 3.30. The highest BCUT2D eigenvalue weighted by atomic mass is 15.1. The number of nitrogens with zero attached hydrogens (tertiary/aromatic N) is 1. The zero-order valence-corrected chi connectivity index (χ0v) is 7.54. The van der Waals surface area contributed by atoms with Crippen LogP contribution in [-0.4, -0.2) is 19.0 Å². The van der Waals surface area contributed by atoms with Crippen molar-refractivity contribution < 1.29 is 0 Å². The van der Waals surface area contributed by atoms with E-state index in [0.717, 1.165) is 16.9 Å². The lowest BCUT2D eigenvalue weighted by Crippen LogP contribution is -2.08. The van der Waals surface area contributed by atoms with E-state index in [1.165, 1.54) is 0 Å². The molecule has 0 aliphatic carbocycles. The molecule has 0 amide bonds. The number of anilines is 1. The summed E-state index contributed by atoms with van der Waals surface area (Å²) < 4.78 is 0. The normalized spacial score (nSPS) is 9.50. The Morgan fingerprint density at radius 1 is 1.42 bits per heavy atom. The van der Waals surface area contributed by atoms with E-state index in [1.54, 1.807) is 0 Å². The fourth-order valence-electron chi connectivity index (χ4n) is 0.976. The summed E-state index contributed by atoms with van der Waals surface area (Å²) in [6, 6.07) is 7.72. The maximum Gasteiger partial charge on any atom is 0.0362 e. The van der Waals surface area contributed by atoms with Gasteiger partial charge in [0.2, 0.25) is 0 Å². The largest absolute Gasteiger partial charge is 0.399 e. The number of rotatable bonds is 2. The van der Waals surface area contributed by atoms with Crippen LogP contribution in [0.2, 0.25) is 0 Å². The third-order valence-corrected chi connectivity index (χ3v) is 1.76. The third kappa shape index (κ3) is 1.78. The van der Waals surface area contributed by atoms with Crippen LogP contribution in [0.4, 0.5) is 5.69 Å². The van der Waals surface area contributed by atoms with Crippen LogP contribution in [0.3, 0.4) is 0 Å². The van der Waals surface area contributed by atoms with Crippen LogP contribution < -0.4 is 5.73 Å². The molecule has 0 atom stereocenters. The summed E-state index contributed by atoms with van der Waals surface area (Å²) >= 11 is 0. The molecular formula is C10H14N2. The fraction of sp³-hybridized carbons (Fsp3) is 0.200. The van der Waals surface area contributed by atoms with Crippen LogP contribution in [0.15, 0.2) is 30.8 Å². The Bertz CT molecular complexity index is 290. The van der Waals surface area contributed by atoms with Crippen LogP contribution >= 0.6 is 0 Å². The molecule has 1 aromatic rings. The molecule has 0 aliphatic rings. The average molecular weight is 162 g/mol. The molecule has 0 bridgehead atoms. The van der Waals surface area contributed by atoms with Gasteiger partial charge >= 0.3 is 0 Å². The number of hydrogen-bond donors (Lipinski definition) is 1. The van der Waals surface area contributed by atoms with Gasteiger partial charge in [-0.25, -0.2) is 0 Å². The molecule has 1 aromatic carbocycles. The highest BCUT2D eigenvalue weighted by Crippen LogP contribution is 2.16. The van der Waals surface area contributed by atoms with Crippen LogP contribution in [0.5, 0.6) is 0 Å². The molecule has 1 rings (SSSR count). The number of benzene rings is 1. The van der Waals surface area contributed by atoms with Gasteiger partial charge in [0.15, 0.2) is 0 Å². The quantitative estimate of drug-likeness (QED) is 0.672. The third-order valence-electron chi connectivity index (χ3n) is 1.76. The van der Waals surface area contributed by atoms with Crippen molar-refractivity contribution in [1.82, 2.24) is 4.90 Å². The molecule has 2 heteroatoms. The van der Waals surface area contributed by atoms with Crippen LogP contribution in [0.25, 0.3) is 5.70 Å². The van der Waals surface area contributed by atoms with E-state index in [4.69, 9.17) is 5.73 Å². The van der Waals surface area contributed by atoms with Crippen molar-refractivity contribution in [1.29, 1.82) is 0 Å². The van der Waals surface area contributed by atoms with Gasteiger partial charge in [-0.1, -0.05) is 18.7 Å². The van der Waals surface area contributed by atoms with Gasteiger partial charge in [-0.15, -0.1) is 0 Å². The van der Waals surface area contributed by atoms with Crippen molar-refractivity contribution in [2.24, 2.45) is 0 Å². The molecule has 2 nitrogen and oxygen atoms in total. The van der Waals surface area contributed by atoms with Gasteiger partial charge in [-0.05, 0) is 17.7 Å². The lowest BCUT2D eigenvalue weighted by atomic mass is 10.1. The van der Waals surface area contributed by atoms with Crippen LogP contribution in [0.1, 0.15) is 5.56 Å². The minimum atomic E-state index is 0.774. The molecule has 0 aromatic heterocycles. The Morgan fingerprint density at radius 2 is 2.08 bits per heavy atom. The second-order valence-electron chi connectivity index (χ2n) is 2.97. The molecule has 0 spiro atoms. The van der Waals surface area contributed by atoms with Gasteiger partial charge in [0.05, 0.1) is 0 Å². The summed E-state index contributed by atoms with van der Waals surface area (Å²) in [4.78, 5) is 1.97. The highest BCUT2D eigenvalue weighted by molar-refractivity contribution is 5.64. The van der Waals surface area contributed by atoms with E-state index in [2.05, 4.69) is 6.58 Å². The van der Waals surface area contributed by atoms with Crippen LogP contribution in [-0.2, 0) is 0 Å². The lowest BCUT2D eigenvalue weighted by Gasteiger charge is -2.15. The van der Waals surface area contributed by atoms with Gasteiger partial charge in [-0.2, -0.15) is 0 Å². The monoisotopic (exact) mass is 162 g/mol. The Kier molecular flexibility index (Phi) is 2.38. The summed E-state index contributed by atoms with van der Waals surface area (Å²) in [5.74, 6) is 0. The summed E-state index contributed by atoms with van der Waals surface area (Å²) in [5.41, 5.74) is 8.45. The highest BCUT2D eigenvalue weighted by Gasteiger charge is 1.99. The van der Waals surface area contributed by atoms with Crippen LogP contribution in [0, 0.1) is 0 Å². The first kappa shape index (κ1) is 8.65. The predicted octanol–water partition coefficient (Wildman–Crippen LogP) is 1.80. The molecule has 0 aliphatic heterocycles. The van der Waals surface area contributed by atoms with Gasteiger partial charge in [0, 0.05) is 25.5 Å². The van der Waals surface area contributed by atoms with Crippen molar-refractivity contribution >= 4 is 11.4 Å². The van der Waals surface area contributed by atoms with Crippen molar-refractivity contribution in [3.8, 4) is 0 Å². The first-order valence-electron chi connectivity index (χ1n) is 3.83. The summed E-state index contributed by atoms with van der Waals surface area (Å²) in [6.45, 7) is 3.94. The molecular weight excluding hydrogens is 148 g/mol. The zero-order chi connectivity index (χ0) is 9.14. The Labute approximate surface area is 73.3 Å². The van der Waals surface area contributed by atoms with E-state index in [9.17, 15) is 0 Å². The first-order valence-corrected chi connectivity index (χ1v) is 3.83. The maximum absolute atomic E-state index is 5.64. The molecule has 0 radical (unpaired) electrons. The van der Waals surface area contributed by atoms with E-state index < -0.39 is 0 Å². The SMILES string of the molecule is C=C(c1cccc(N)c1)N(C)C. The topological polar surface area (TPSA) is 29.3 Å². The number of nitrogens with two attached hydrogens (primary N) is 1. The first-order chi connectivity index (χ1) is 5.61. The van der Waals surface area contributed by atoms with Crippen molar-refractivity contribution in [2.45, 2.75) is 0 Å². The van der Waals surface area contributed by atoms with Crippen molar-refractivity contribution in [2.75, 3.05) is 19.8 Å². The van der Waals surface area contributed by atoms with Gasteiger partial charge in [0.25, 0.3) is 0 Å². The minimum Gasteiger partial charge on any atom is -0.399 e. The summed E-state index contributed by atoms with van der Waals surface area (Å²) in [6.07, 6.45) is 0. The van der Waals surface area contributed by atoms with Crippen molar-refractivity contribution in [3.63, 3.8) is 0 Å². The smallest absolute Gasteiger partial charge is 0.0362 e. The van der Waals surface area contributed by atoms with E-state index in [1.807, 2.05) is 43.3 Å². The molecule has 0 fully saturated rings. The van der Waals surface area contributed by atoms with Crippen molar-refractivity contribution in [3.05, 3.63) is 36.4 Å². The molecule has 64 valence electrons. The lowest BCUT2D eigenvalue weighted by molar-refractivity contribution is 0.593. The molecule has 0 heterocycles. The molecule has 12 heavy (non-hydrogen) atoms. The van der Waals surface area contributed by atoms with Gasteiger partial charge in [-0.3, -0.25) is 0 Å². The summed E-state index contributed by atoms with van der Waals surface area (Å²) in [5, 5.41) is 0. The Balaban J connectivity index is 2.96. The molecule has 2 N–H and O–H groups in total. The van der Waals surface area contributed by atoms with Gasteiger partial charge < -0.3 is 10.6 Å². The fourth-order valence-corrected chi connectivity index (χ4v) is 0.976. The van der Waals surface area contributed by atoms with E-state index >= 15 is 0 Å². The van der Waals surface area contributed by atoms with Gasteiger partial charge in [0.1, 0.15) is 0 Å². The zero-order valence-electron chi connectivity index (χ0n) is 7.54. The van der Waals surface area contributed by atoms with E-state index in [-0.39, 0.29) is 0 Å². The minimum absolute atomic E-state index is 0.774.